The van der Waals surface area contributed by atoms with Gasteiger partial charge in [0.2, 0.25) is 10.0 Å². The smallest absolute Gasteiger partial charge is 0.275 e. The lowest BCUT2D eigenvalue weighted by molar-refractivity contribution is 0.0374. The van der Waals surface area contributed by atoms with Gasteiger partial charge < -0.3 is 10.1 Å². The molecule has 0 saturated carbocycles. The number of nitrogens with one attached hydrogen (secondary N) is 3. The van der Waals surface area contributed by atoms with Gasteiger partial charge in [-0.25, -0.2) is 13.4 Å². The molecule has 1 aliphatic heterocycles. The van der Waals surface area contributed by atoms with Crippen LogP contribution in [0.1, 0.15) is 32.1 Å². The second-order valence-corrected chi connectivity index (χ2v) is 11.8. The van der Waals surface area contributed by atoms with Crippen molar-refractivity contribution in [3.8, 4) is 0 Å². The number of anilines is 3. The highest BCUT2D eigenvalue weighted by Gasteiger charge is 2.18. The van der Waals surface area contributed by atoms with Gasteiger partial charge in [-0.1, -0.05) is 6.07 Å². The highest BCUT2D eigenvalue weighted by atomic mass is 32.2. The molecule has 192 valence electrons. The predicted octanol–water partition coefficient (Wildman–Crippen LogP) is 3.35. The van der Waals surface area contributed by atoms with Crippen molar-refractivity contribution in [1.82, 2.24) is 9.88 Å². The number of morpholine rings is 1. The zero-order chi connectivity index (χ0) is 25.5. The van der Waals surface area contributed by atoms with Crippen molar-refractivity contribution in [3.63, 3.8) is 0 Å². The molecule has 0 atom stereocenters. The quantitative estimate of drug-likeness (QED) is 0.354. The van der Waals surface area contributed by atoms with Crippen LogP contribution in [-0.2, 0) is 21.2 Å². The number of rotatable bonds is 10. The van der Waals surface area contributed by atoms with Crippen LogP contribution in [0.5, 0.6) is 0 Å². The van der Waals surface area contributed by atoms with Crippen molar-refractivity contribution >= 4 is 61.0 Å². The van der Waals surface area contributed by atoms with E-state index in [-0.39, 0.29) is 11.6 Å². The maximum Gasteiger partial charge on any atom is 0.275 e. The molecular formula is C23H27N5O5S3. The van der Waals surface area contributed by atoms with E-state index in [0.29, 0.717) is 21.4 Å². The molecule has 3 heterocycles. The second kappa shape index (κ2) is 11.9. The lowest BCUT2D eigenvalue weighted by atomic mass is 10.1. The van der Waals surface area contributed by atoms with Crippen LogP contribution in [0.3, 0.4) is 0 Å². The minimum absolute atomic E-state index is 0.147. The van der Waals surface area contributed by atoms with Crippen LogP contribution in [0.4, 0.5) is 16.5 Å². The maximum absolute atomic E-state index is 12.9. The van der Waals surface area contributed by atoms with E-state index < -0.39 is 15.9 Å². The van der Waals surface area contributed by atoms with E-state index in [1.807, 2.05) is 11.4 Å². The SMILES string of the molecule is CS(=O)(=O)Nc1cccc(NC(=O)c2csc(NC(=O)c3sccc3CCCN3CCOCC3)n2)c1. The molecule has 2 amide bonds. The Morgan fingerprint density at radius 3 is 2.64 bits per heavy atom. The standard InChI is InChI=1S/C23H27N5O5S3/c1-36(31,32)27-18-6-2-5-17(14-18)24-21(29)19-15-35-23(25-19)26-22(30)20-16(7-13-34-20)4-3-8-28-9-11-33-12-10-28/h2,5-7,13-15,27H,3-4,8-12H2,1H3,(H,24,29)(H,25,26,30). The molecular weight excluding hydrogens is 522 g/mol. The van der Waals surface area contributed by atoms with Crippen LogP contribution in [0.15, 0.2) is 41.1 Å². The molecule has 0 unspecified atom stereocenters. The summed E-state index contributed by atoms with van der Waals surface area (Å²) in [6.45, 7) is 4.40. The minimum atomic E-state index is -3.43. The first kappa shape index (κ1) is 26.2. The number of carbonyl (C=O) groups excluding carboxylic acids is 2. The molecule has 4 rings (SSSR count). The number of amides is 2. The molecule has 1 saturated heterocycles. The lowest BCUT2D eigenvalue weighted by Gasteiger charge is -2.26. The number of sulfonamides is 1. The third-order valence-electron chi connectivity index (χ3n) is 5.36. The van der Waals surface area contributed by atoms with E-state index in [2.05, 4.69) is 25.2 Å². The van der Waals surface area contributed by atoms with E-state index >= 15 is 0 Å². The van der Waals surface area contributed by atoms with Gasteiger partial charge in [-0.2, -0.15) is 0 Å². The Hall–Kier alpha value is -2.84. The third-order valence-corrected chi connectivity index (χ3v) is 7.68. The van der Waals surface area contributed by atoms with E-state index in [9.17, 15) is 18.0 Å². The van der Waals surface area contributed by atoms with Crippen molar-refractivity contribution in [2.75, 3.05) is 54.5 Å². The number of thiazole rings is 1. The van der Waals surface area contributed by atoms with Crippen molar-refractivity contribution < 1.29 is 22.7 Å². The fraction of sp³-hybridized carbons (Fsp3) is 0.348. The highest BCUT2D eigenvalue weighted by molar-refractivity contribution is 7.92. The second-order valence-electron chi connectivity index (χ2n) is 8.23. The molecule has 3 N–H and O–H groups in total. The minimum Gasteiger partial charge on any atom is -0.379 e. The Balaban J connectivity index is 1.32. The van der Waals surface area contributed by atoms with E-state index in [1.54, 1.807) is 23.6 Å². The number of hydrogen-bond acceptors (Lipinski definition) is 9. The summed E-state index contributed by atoms with van der Waals surface area (Å²) in [5, 5.41) is 9.27. The number of carbonyl (C=O) groups is 2. The summed E-state index contributed by atoms with van der Waals surface area (Å²) in [7, 11) is -3.43. The van der Waals surface area contributed by atoms with Gasteiger partial charge in [-0.05, 0) is 54.6 Å². The van der Waals surface area contributed by atoms with Gasteiger partial charge in [0.1, 0.15) is 5.69 Å². The highest BCUT2D eigenvalue weighted by Crippen LogP contribution is 2.23. The summed E-state index contributed by atoms with van der Waals surface area (Å²) in [6.07, 6.45) is 2.82. The molecule has 0 bridgehead atoms. The summed E-state index contributed by atoms with van der Waals surface area (Å²) in [5.74, 6) is -0.713. The normalized spacial score (nSPS) is 14.4. The van der Waals surface area contributed by atoms with Gasteiger partial charge in [0.25, 0.3) is 11.8 Å². The van der Waals surface area contributed by atoms with Crippen LogP contribution < -0.4 is 15.4 Å². The molecule has 1 aliphatic rings. The lowest BCUT2D eigenvalue weighted by Crippen LogP contribution is -2.36. The first-order valence-electron chi connectivity index (χ1n) is 11.3. The summed E-state index contributed by atoms with van der Waals surface area (Å²) in [4.78, 5) is 32.7. The maximum atomic E-state index is 12.9. The Morgan fingerprint density at radius 1 is 1.08 bits per heavy atom. The topological polar surface area (TPSA) is 130 Å². The van der Waals surface area contributed by atoms with Crippen LogP contribution in [-0.4, -0.2) is 69.2 Å². The van der Waals surface area contributed by atoms with Gasteiger partial charge in [0.05, 0.1) is 30.0 Å². The summed E-state index contributed by atoms with van der Waals surface area (Å²) >= 11 is 2.54. The molecule has 1 fully saturated rings. The molecule has 10 nitrogen and oxygen atoms in total. The van der Waals surface area contributed by atoms with Crippen LogP contribution >= 0.6 is 22.7 Å². The molecule has 0 spiro atoms. The van der Waals surface area contributed by atoms with Gasteiger partial charge in [-0.15, -0.1) is 22.7 Å². The van der Waals surface area contributed by atoms with Gasteiger partial charge in [0.15, 0.2) is 5.13 Å². The third kappa shape index (κ3) is 7.58. The van der Waals surface area contributed by atoms with Crippen LogP contribution in [0.2, 0.25) is 0 Å². The molecule has 0 aliphatic carbocycles. The van der Waals surface area contributed by atoms with E-state index in [0.717, 1.165) is 68.8 Å². The average Bonchev–Trinajstić information content (AvgIpc) is 3.49. The molecule has 0 radical (unpaired) electrons. The van der Waals surface area contributed by atoms with Crippen LogP contribution in [0, 0.1) is 0 Å². The number of nitrogens with zero attached hydrogens (tertiary/aromatic N) is 2. The number of hydrogen-bond donors (Lipinski definition) is 3. The van der Waals surface area contributed by atoms with Crippen molar-refractivity contribution in [2.45, 2.75) is 12.8 Å². The molecule has 1 aromatic carbocycles. The van der Waals surface area contributed by atoms with E-state index in [1.165, 1.54) is 17.4 Å². The molecule has 2 aromatic heterocycles. The Bertz CT molecular complexity index is 1310. The Labute approximate surface area is 217 Å². The predicted molar refractivity (Wildman–Crippen MR) is 143 cm³/mol. The zero-order valence-electron chi connectivity index (χ0n) is 19.7. The number of thiophene rings is 1. The fourth-order valence-corrected chi connectivity index (χ4v) is 5.80. The average molecular weight is 550 g/mol. The summed E-state index contributed by atoms with van der Waals surface area (Å²) in [6, 6.07) is 8.32. The molecule has 36 heavy (non-hydrogen) atoms. The first-order valence-corrected chi connectivity index (χ1v) is 14.9. The van der Waals surface area contributed by atoms with Gasteiger partial charge in [0, 0.05) is 24.2 Å². The van der Waals surface area contributed by atoms with E-state index in [4.69, 9.17) is 4.74 Å². The number of benzene rings is 1. The number of aryl methyl sites for hydroxylation is 1. The number of ether oxygens (including phenoxy) is 1. The number of aromatic nitrogens is 1. The molecule has 13 heteroatoms. The van der Waals surface area contributed by atoms with Crippen molar-refractivity contribution in [3.05, 3.63) is 57.2 Å². The van der Waals surface area contributed by atoms with Crippen molar-refractivity contribution in [1.29, 1.82) is 0 Å². The summed E-state index contributed by atoms with van der Waals surface area (Å²) < 4.78 is 30.6. The van der Waals surface area contributed by atoms with Crippen molar-refractivity contribution in [2.24, 2.45) is 0 Å². The van der Waals surface area contributed by atoms with Crippen LogP contribution in [0.25, 0.3) is 0 Å². The monoisotopic (exact) mass is 549 g/mol. The molecule has 3 aromatic rings. The first-order chi connectivity index (χ1) is 17.3. The summed E-state index contributed by atoms with van der Waals surface area (Å²) in [5.41, 5.74) is 1.89. The Morgan fingerprint density at radius 2 is 1.86 bits per heavy atom. The zero-order valence-corrected chi connectivity index (χ0v) is 22.1. The fourth-order valence-electron chi connectivity index (χ4n) is 3.71. The van der Waals surface area contributed by atoms with Gasteiger partial charge >= 0.3 is 0 Å². The Kier molecular flexibility index (Phi) is 8.69. The van der Waals surface area contributed by atoms with Gasteiger partial charge in [-0.3, -0.25) is 24.5 Å². The largest absolute Gasteiger partial charge is 0.379 e.